The van der Waals surface area contributed by atoms with E-state index in [1.165, 1.54) is 12.0 Å². The first-order chi connectivity index (χ1) is 11.3. The van der Waals surface area contributed by atoms with E-state index in [-0.39, 0.29) is 11.8 Å². The molecule has 3 aliphatic rings. The smallest absolute Gasteiger partial charge is 0.223 e. The van der Waals surface area contributed by atoms with Crippen LogP contribution in [0.1, 0.15) is 30.7 Å². The average Bonchev–Trinajstić information content (AvgIpc) is 3.23. The molecule has 1 amide bonds. The van der Waals surface area contributed by atoms with Crippen molar-refractivity contribution in [2.75, 3.05) is 32.8 Å². The number of hydrogen-bond acceptors (Lipinski definition) is 4. The molecule has 1 aliphatic carbocycles. The van der Waals surface area contributed by atoms with Gasteiger partial charge in [0.25, 0.3) is 0 Å². The summed E-state index contributed by atoms with van der Waals surface area (Å²) < 4.78 is 11.2. The molecule has 5 heteroatoms. The number of amides is 1. The van der Waals surface area contributed by atoms with E-state index in [1.54, 1.807) is 0 Å². The topological polar surface area (TPSA) is 59.6 Å². The summed E-state index contributed by atoms with van der Waals surface area (Å²) in [5.41, 5.74) is 1.19. The van der Waals surface area contributed by atoms with Crippen LogP contribution in [0.2, 0.25) is 0 Å². The lowest BCUT2D eigenvalue weighted by Crippen LogP contribution is -2.28. The summed E-state index contributed by atoms with van der Waals surface area (Å²) in [4.78, 5) is 12.3. The summed E-state index contributed by atoms with van der Waals surface area (Å²) in [6, 6.07) is 6.07. The van der Waals surface area contributed by atoms with Crippen molar-refractivity contribution >= 4 is 5.91 Å². The molecule has 1 saturated carbocycles. The van der Waals surface area contributed by atoms with Crippen LogP contribution >= 0.6 is 0 Å². The zero-order valence-electron chi connectivity index (χ0n) is 13.3. The molecule has 0 spiro atoms. The first-order valence-electron chi connectivity index (χ1n) is 8.69. The Hall–Kier alpha value is -1.75. The molecule has 3 unspecified atom stereocenters. The molecular formula is C18H24N2O3. The molecule has 23 heavy (non-hydrogen) atoms. The SMILES string of the molecule is O=C(NCCC1CCNC1)C1CC1c1ccc2c(c1)OCCO2. The number of hydrogen-bond donors (Lipinski definition) is 2. The van der Waals surface area contributed by atoms with E-state index in [1.807, 2.05) is 12.1 Å². The van der Waals surface area contributed by atoms with Crippen LogP contribution in [0.15, 0.2) is 18.2 Å². The number of rotatable bonds is 5. The maximum Gasteiger partial charge on any atom is 0.223 e. The minimum atomic E-state index is 0.124. The summed E-state index contributed by atoms with van der Waals surface area (Å²) in [5.74, 6) is 3.01. The van der Waals surface area contributed by atoms with E-state index < -0.39 is 0 Å². The Labute approximate surface area is 136 Å². The highest BCUT2D eigenvalue weighted by Crippen LogP contribution is 2.49. The predicted octanol–water partition coefficient (Wildman–Crippen LogP) is 1.68. The van der Waals surface area contributed by atoms with Crippen LogP contribution in [0.25, 0.3) is 0 Å². The zero-order valence-corrected chi connectivity index (χ0v) is 13.3. The van der Waals surface area contributed by atoms with Crippen LogP contribution in [0.4, 0.5) is 0 Å². The summed E-state index contributed by atoms with van der Waals surface area (Å²) in [6.45, 7) is 4.22. The quantitative estimate of drug-likeness (QED) is 0.868. The van der Waals surface area contributed by atoms with Crippen LogP contribution in [0.3, 0.4) is 0 Å². The zero-order chi connectivity index (χ0) is 15.6. The van der Waals surface area contributed by atoms with Gasteiger partial charge in [0.2, 0.25) is 5.91 Å². The minimum Gasteiger partial charge on any atom is -0.486 e. The Balaban J connectivity index is 1.28. The normalized spacial score (nSPS) is 28.4. The van der Waals surface area contributed by atoms with E-state index >= 15 is 0 Å². The van der Waals surface area contributed by atoms with E-state index in [2.05, 4.69) is 16.7 Å². The van der Waals surface area contributed by atoms with Gasteiger partial charge in [-0.3, -0.25) is 4.79 Å². The highest BCUT2D eigenvalue weighted by Gasteiger charge is 2.44. The lowest BCUT2D eigenvalue weighted by atomic mass is 10.1. The molecule has 1 saturated heterocycles. The number of carbonyl (C=O) groups excluding carboxylic acids is 1. The molecule has 2 N–H and O–H groups in total. The lowest BCUT2D eigenvalue weighted by Gasteiger charge is -2.18. The van der Waals surface area contributed by atoms with Gasteiger partial charge in [-0.2, -0.15) is 0 Å². The molecule has 1 aromatic rings. The fourth-order valence-electron chi connectivity index (χ4n) is 3.64. The standard InChI is InChI=1S/C18H24N2O3/c21-18(20-6-4-12-3-5-19-11-12)15-10-14(15)13-1-2-16-17(9-13)23-8-7-22-16/h1-2,9,12,14-15,19H,3-8,10-11H2,(H,20,21). The van der Waals surface area contributed by atoms with Crippen molar-refractivity contribution in [1.29, 1.82) is 0 Å². The Kier molecular flexibility index (Phi) is 4.12. The van der Waals surface area contributed by atoms with E-state index in [9.17, 15) is 4.79 Å². The second-order valence-corrected chi connectivity index (χ2v) is 6.79. The molecule has 2 fully saturated rings. The lowest BCUT2D eigenvalue weighted by molar-refractivity contribution is -0.122. The molecule has 1 aromatic carbocycles. The number of benzene rings is 1. The van der Waals surface area contributed by atoms with Crippen LogP contribution in [0.5, 0.6) is 11.5 Å². The Morgan fingerprint density at radius 2 is 2.13 bits per heavy atom. The van der Waals surface area contributed by atoms with E-state index in [0.29, 0.717) is 19.1 Å². The minimum absolute atomic E-state index is 0.124. The van der Waals surface area contributed by atoms with Gasteiger partial charge in [0.15, 0.2) is 11.5 Å². The highest BCUT2D eigenvalue weighted by molar-refractivity contribution is 5.82. The summed E-state index contributed by atoms with van der Waals surface area (Å²) in [5, 5.41) is 6.48. The van der Waals surface area contributed by atoms with Crippen molar-refractivity contribution in [3.05, 3.63) is 23.8 Å². The van der Waals surface area contributed by atoms with Gasteiger partial charge in [-0.1, -0.05) is 6.07 Å². The van der Waals surface area contributed by atoms with Gasteiger partial charge in [0.1, 0.15) is 13.2 Å². The fraction of sp³-hybridized carbons (Fsp3) is 0.611. The maximum atomic E-state index is 12.3. The largest absolute Gasteiger partial charge is 0.486 e. The first kappa shape index (κ1) is 14.8. The van der Waals surface area contributed by atoms with Crippen LogP contribution in [-0.2, 0) is 4.79 Å². The summed E-state index contributed by atoms with van der Waals surface area (Å²) in [6.07, 6.45) is 3.26. The van der Waals surface area contributed by atoms with E-state index in [0.717, 1.165) is 49.9 Å². The average molecular weight is 316 g/mol. The molecular weight excluding hydrogens is 292 g/mol. The summed E-state index contributed by atoms with van der Waals surface area (Å²) in [7, 11) is 0. The monoisotopic (exact) mass is 316 g/mol. The molecule has 0 aromatic heterocycles. The van der Waals surface area contributed by atoms with Crippen molar-refractivity contribution in [2.24, 2.45) is 11.8 Å². The van der Waals surface area contributed by atoms with Crippen molar-refractivity contribution < 1.29 is 14.3 Å². The predicted molar refractivity (Wildman–Crippen MR) is 86.9 cm³/mol. The molecule has 4 rings (SSSR count). The Morgan fingerprint density at radius 1 is 1.26 bits per heavy atom. The van der Waals surface area contributed by atoms with Crippen LogP contribution < -0.4 is 20.1 Å². The Morgan fingerprint density at radius 3 is 2.96 bits per heavy atom. The van der Waals surface area contributed by atoms with Gasteiger partial charge in [-0.15, -0.1) is 0 Å². The highest BCUT2D eigenvalue weighted by atomic mass is 16.6. The van der Waals surface area contributed by atoms with Crippen molar-refractivity contribution in [3.8, 4) is 11.5 Å². The molecule has 2 aliphatic heterocycles. The second-order valence-electron chi connectivity index (χ2n) is 6.79. The molecule has 3 atom stereocenters. The van der Waals surface area contributed by atoms with Crippen LogP contribution in [-0.4, -0.2) is 38.8 Å². The third-order valence-electron chi connectivity index (χ3n) is 5.14. The molecule has 5 nitrogen and oxygen atoms in total. The number of ether oxygens (including phenoxy) is 2. The molecule has 124 valence electrons. The Bertz CT molecular complexity index is 584. The third-order valence-corrected chi connectivity index (χ3v) is 5.14. The number of nitrogens with one attached hydrogen (secondary N) is 2. The fourth-order valence-corrected chi connectivity index (χ4v) is 3.64. The molecule has 2 heterocycles. The second kappa shape index (κ2) is 6.40. The molecule has 0 bridgehead atoms. The van der Waals surface area contributed by atoms with Crippen molar-refractivity contribution in [2.45, 2.75) is 25.2 Å². The van der Waals surface area contributed by atoms with Gasteiger partial charge in [0.05, 0.1) is 0 Å². The van der Waals surface area contributed by atoms with Crippen LogP contribution in [0, 0.1) is 11.8 Å². The maximum absolute atomic E-state index is 12.3. The number of carbonyl (C=O) groups is 1. The first-order valence-corrected chi connectivity index (χ1v) is 8.69. The van der Waals surface area contributed by atoms with Crippen molar-refractivity contribution in [1.82, 2.24) is 10.6 Å². The van der Waals surface area contributed by atoms with E-state index in [4.69, 9.17) is 9.47 Å². The third kappa shape index (κ3) is 3.29. The van der Waals surface area contributed by atoms with Gasteiger partial charge in [0, 0.05) is 12.5 Å². The van der Waals surface area contributed by atoms with Crippen molar-refractivity contribution in [3.63, 3.8) is 0 Å². The van der Waals surface area contributed by atoms with Gasteiger partial charge >= 0.3 is 0 Å². The van der Waals surface area contributed by atoms with Gasteiger partial charge in [-0.25, -0.2) is 0 Å². The van der Waals surface area contributed by atoms with Gasteiger partial charge < -0.3 is 20.1 Å². The molecule has 0 radical (unpaired) electrons. The summed E-state index contributed by atoms with van der Waals surface area (Å²) >= 11 is 0. The van der Waals surface area contributed by atoms with Gasteiger partial charge in [-0.05, 0) is 61.9 Å². The number of fused-ring (bicyclic) bond motifs is 1.